The average molecular weight is 293 g/mol. The van der Waals surface area contributed by atoms with Crippen molar-refractivity contribution in [3.05, 3.63) is 33.3 Å². The Bertz CT molecular complexity index is 672. The molecule has 0 unspecified atom stereocenters. The fourth-order valence-corrected chi connectivity index (χ4v) is 2.71. The molecule has 0 aliphatic carbocycles. The summed E-state index contributed by atoms with van der Waals surface area (Å²) < 4.78 is 6.33. The molecule has 2 aromatic rings. The summed E-state index contributed by atoms with van der Waals surface area (Å²) in [5, 5.41) is 8.66. The maximum absolute atomic E-state index is 12.3. The highest BCUT2D eigenvalue weighted by molar-refractivity contribution is 7.12. The highest BCUT2D eigenvalue weighted by atomic mass is 32.1. The van der Waals surface area contributed by atoms with Gasteiger partial charge in [-0.2, -0.15) is 5.10 Å². The van der Waals surface area contributed by atoms with Crippen molar-refractivity contribution in [2.45, 2.75) is 13.8 Å². The third-order valence-corrected chi connectivity index (χ3v) is 3.91. The lowest BCUT2D eigenvalue weighted by atomic mass is 10.2. The number of hydrogen-bond donors (Lipinski definition) is 1. The lowest BCUT2D eigenvalue weighted by molar-refractivity contribution is 0.0607. The Morgan fingerprint density at radius 3 is 2.65 bits per heavy atom. The van der Waals surface area contributed by atoms with Crippen LogP contribution in [-0.4, -0.2) is 28.8 Å². The Hall–Kier alpha value is -2.15. The molecule has 0 aliphatic rings. The lowest BCUT2D eigenvalue weighted by Gasteiger charge is -2.06. The smallest absolute Gasteiger partial charge is 0.350 e. The molecule has 0 fully saturated rings. The second kappa shape index (κ2) is 5.46. The number of esters is 1. The molecule has 1 N–H and O–H groups in total. The van der Waals surface area contributed by atoms with Gasteiger partial charge in [-0.15, -0.1) is 11.3 Å². The van der Waals surface area contributed by atoms with Gasteiger partial charge in [-0.25, -0.2) is 4.79 Å². The monoisotopic (exact) mass is 293 g/mol. The van der Waals surface area contributed by atoms with Crippen LogP contribution in [0.4, 0.5) is 5.69 Å². The second-order valence-corrected chi connectivity index (χ2v) is 5.19. The minimum atomic E-state index is -0.463. The highest BCUT2D eigenvalue weighted by Crippen LogP contribution is 2.24. The molecule has 2 aromatic heterocycles. The molecule has 1 amide bonds. The maximum atomic E-state index is 12.3. The van der Waals surface area contributed by atoms with Crippen molar-refractivity contribution in [2.75, 3.05) is 12.4 Å². The maximum Gasteiger partial charge on any atom is 0.350 e. The second-order valence-electron chi connectivity index (χ2n) is 4.28. The number of thiophene rings is 1. The van der Waals surface area contributed by atoms with Gasteiger partial charge in [0.25, 0.3) is 5.91 Å². The number of nitrogens with one attached hydrogen (secondary N) is 1. The summed E-state index contributed by atoms with van der Waals surface area (Å²) in [5.74, 6) is -0.744. The third kappa shape index (κ3) is 2.44. The minimum Gasteiger partial charge on any atom is -0.465 e. The summed E-state index contributed by atoms with van der Waals surface area (Å²) in [6, 6.07) is 1.68. The number of ether oxygens (including phenoxy) is 1. The standard InChI is InChI=1S/C13H15N3O3S/c1-7-10(8(2)16(3)15-7)12(17)14-9-5-6-20-11(9)13(18)19-4/h5-6H,1-4H3,(H,14,17). The molecule has 6 nitrogen and oxygen atoms in total. The van der Waals surface area contributed by atoms with Gasteiger partial charge in [0.05, 0.1) is 24.1 Å². The molecule has 0 spiro atoms. The van der Waals surface area contributed by atoms with E-state index >= 15 is 0 Å². The molecule has 2 heterocycles. The average Bonchev–Trinajstić information content (AvgIpc) is 2.94. The van der Waals surface area contributed by atoms with E-state index in [1.165, 1.54) is 18.4 Å². The summed E-state index contributed by atoms with van der Waals surface area (Å²) in [4.78, 5) is 24.3. The molecular weight excluding hydrogens is 278 g/mol. The minimum absolute atomic E-state index is 0.281. The zero-order valence-electron chi connectivity index (χ0n) is 11.7. The van der Waals surface area contributed by atoms with Crippen molar-refractivity contribution < 1.29 is 14.3 Å². The molecule has 0 aromatic carbocycles. The Morgan fingerprint density at radius 1 is 1.40 bits per heavy atom. The summed E-state index contributed by atoms with van der Waals surface area (Å²) in [6.07, 6.45) is 0. The van der Waals surface area contributed by atoms with Crippen LogP contribution in [-0.2, 0) is 11.8 Å². The van der Waals surface area contributed by atoms with Crippen molar-refractivity contribution in [2.24, 2.45) is 7.05 Å². The number of amides is 1. The van der Waals surface area contributed by atoms with Gasteiger partial charge in [0.15, 0.2) is 0 Å². The van der Waals surface area contributed by atoms with Crippen LogP contribution in [0.25, 0.3) is 0 Å². The van der Waals surface area contributed by atoms with Crippen molar-refractivity contribution in [3.63, 3.8) is 0 Å². The summed E-state index contributed by atoms with van der Waals surface area (Å²) in [5.41, 5.74) is 2.40. The molecule has 2 rings (SSSR count). The summed E-state index contributed by atoms with van der Waals surface area (Å²) in [6.45, 7) is 3.60. The molecule has 0 atom stereocenters. The number of anilines is 1. The molecule has 0 saturated heterocycles. The van der Waals surface area contributed by atoms with E-state index in [4.69, 9.17) is 0 Å². The molecule has 106 valence electrons. The fourth-order valence-electron chi connectivity index (χ4n) is 1.95. The zero-order chi connectivity index (χ0) is 14.9. The lowest BCUT2D eigenvalue weighted by Crippen LogP contribution is -2.15. The van der Waals surface area contributed by atoms with Gasteiger partial charge < -0.3 is 10.1 Å². The first-order valence-corrected chi connectivity index (χ1v) is 6.81. The van der Waals surface area contributed by atoms with E-state index in [1.54, 1.807) is 30.1 Å². The van der Waals surface area contributed by atoms with Gasteiger partial charge in [-0.1, -0.05) is 0 Å². The summed E-state index contributed by atoms with van der Waals surface area (Å²) >= 11 is 1.22. The predicted octanol–water partition coefficient (Wildman–Crippen LogP) is 2.14. The van der Waals surface area contributed by atoms with Crippen LogP contribution in [0, 0.1) is 13.8 Å². The third-order valence-electron chi connectivity index (χ3n) is 3.02. The normalized spacial score (nSPS) is 10.4. The Kier molecular flexibility index (Phi) is 3.89. The predicted molar refractivity (Wildman–Crippen MR) is 76.3 cm³/mol. The molecular formula is C13H15N3O3S. The first-order chi connectivity index (χ1) is 9.45. The Labute approximate surface area is 120 Å². The van der Waals surface area contributed by atoms with Crippen LogP contribution >= 0.6 is 11.3 Å². The van der Waals surface area contributed by atoms with E-state index in [0.29, 0.717) is 21.8 Å². The largest absolute Gasteiger partial charge is 0.465 e. The van der Waals surface area contributed by atoms with Gasteiger partial charge in [0.1, 0.15) is 4.88 Å². The molecule has 0 bridgehead atoms. The molecule has 0 aliphatic heterocycles. The zero-order valence-corrected chi connectivity index (χ0v) is 12.5. The molecule has 7 heteroatoms. The number of aryl methyl sites for hydroxylation is 2. The van der Waals surface area contributed by atoms with Gasteiger partial charge >= 0.3 is 5.97 Å². The number of aromatic nitrogens is 2. The van der Waals surface area contributed by atoms with Crippen LogP contribution in [0.2, 0.25) is 0 Å². The van der Waals surface area contributed by atoms with E-state index in [9.17, 15) is 9.59 Å². The van der Waals surface area contributed by atoms with Crippen LogP contribution in [0.5, 0.6) is 0 Å². The van der Waals surface area contributed by atoms with Crippen molar-refractivity contribution in [1.82, 2.24) is 9.78 Å². The van der Waals surface area contributed by atoms with E-state index in [0.717, 1.165) is 5.69 Å². The number of carbonyl (C=O) groups excluding carboxylic acids is 2. The first kappa shape index (κ1) is 14.3. The number of carbonyl (C=O) groups is 2. The number of methoxy groups -OCH3 is 1. The quantitative estimate of drug-likeness (QED) is 0.880. The molecule has 20 heavy (non-hydrogen) atoms. The Balaban J connectivity index is 2.29. The fraction of sp³-hybridized carbons (Fsp3) is 0.308. The van der Waals surface area contributed by atoms with Crippen LogP contribution < -0.4 is 5.32 Å². The molecule has 0 saturated carbocycles. The van der Waals surface area contributed by atoms with Gasteiger partial charge in [-0.05, 0) is 25.3 Å². The van der Waals surface area contributed by atoms with Gasteiger partial charge in [0.2, 0.25) is 0 Å². The topological polar surface area (TPSA) is 73.2 Å². The van der Waals surface area contributed by atoms with Gasteiger partial charge in [0, 0.05) is 12.7 Å². The SMILES string of the molecule is COC(=O)c1sccc1NC(=O)c1c(C)nn(C)c1C. The molecule has 0 radical (unpaired) electrons. The van der Waals surface area contributed by atoms with Gasteiger partial charge in [-0.3, -0.25) is 9.48 Å². The number of rotatable bonds is 3. The van der Waals surface area contributed by atoms with Crippen molar-refractivity contribution >= 4 is 28.9 Å². The van der Waals surface area contributed by atoms with E-state index in [-0.39, 0.29) is 5.91 Å². The van der Waals surface area contributed by atoms with Crippen LogP contribution in [0.3, 0.4) is 0 Å². The van der Waals surface area contributed by atoms with Crippen LogP contribution in [0.1, 0.15) is 31.4 Å². The number of hydrogen-bond acceptors (Lipinski definition) is 5. The Morgan fingerprint density at radius 2 is 2.10 bits per heavy atom. The highest BCUT2D eigenvalue weighted by Gasteiger charge is 2.20. The first-order valence-electron chi connectivity index (χ1n) is 5.93. The van der Waals surface area contributed by atoms with Crippen LogP contribution in [0.15, 0.2) is 11.4 Å². The van der Waals surface area contributed by atoms with E-state index in [1.807, 2.05) is 6.92 Å². The van der Waals surface area contributed by atoms with E-state index in [2.05, 4.69) is 15.2 Å². The van der Waals surface area contributed by atoms with E-state index < -0.39 is 5.97 Å². The number of nitrogens with zero attached hydrogens (tertiary/aromatic N) is 2. The van der Waals surface area contributed by atoms with Crippen molar-refractivity contribution in [3.8, 4) is 0 Å². The van der Waals surface area contributed by atoms with Crippen molar-refractivity contribution in [1.29, 1.82) is 0 Å². The summed E-state index contributed by atoms with van der Waals surface area (Å²) in [7, 11) is 3.09.